The smallest absolute Gasteiger partial charge is 0.231 e. The van der Waals surface area contributed by atoms with Gasteiger partial charge in [0.25, 0.3) is 0 Å². The predicted molar refractivity (Wildman–Crippen MR) is 65.0 cm³/mol. The number of ether oxygens (including phenoxy) is 1. The number of hydrogen-bond acceptors (Lipinski definition) is 2. The number of rotatable bonds is 3. The first-order valence-electron chi connectivity index (χ1n) is 6.31. The van der Waals surface area contributed by atoms with Crippen molar-refractivity contribution in [2.45, 2.75) is 31.7 Å². The van der Waals surface area contributed by atoms with Crippen molar-refractivity contribution < 1.29 is 9.53 Å². The molecule has 1 saturated carbocycles. The zero-order chi connectivity index (χ0) is 11.8. The van der Waals surface area contributed by atoms with E-state index in [0.717, 1.165) is 24.2 Å². The van der Waals surface area contributed by atoms with Crippen molar-refractivity contribution in [2.24, 2.45) is 5.92 Å². The Morgan fingerprint density at radius 3 is 3.06 bits per heavy atom. The van der Waals surface area contributed by atoms with Crippen LogP contribution in [-0.2, 0) is 4.79 Å². The number of carbonyl (C=O) groups excluding carboxylic acids is 1. The maximum Gasteiger partial charge on any atom is 0.231 e. The fourth-order valence-electron chi connectivity index (χ4n) is 2.54. The predicted octanol–water partition coefficient (Wildman–Crippen LogP) is 2.08. The SMILES string of the molecule is CC[C@@H]1C[C@@H]1NC(=O)[C@H]1COc2ccccc21. The highest BCUT2D eigenvalue weighted by Gasteiger charge is 2.39. The lowest BCUT2D eigenvalue weighted by molar-refractivity contribution is -0.122. The highest BCUT2D eigenvalue weighted by atomic mass is 16.5. The number of para-hydroxylation sites is 1. The summed E-state index contributed by atoms with van der Waals surface area (Å²) in [4.78, 5) is 12.1. The van der Waals surface area contributed by atoms with Crippen LogP contribution < -0.4 is 10.1 Å². The molecule has 1 aromatic carbocycles. The molecule has 3 rings (SSSR count). The Hall–Kier alpha value is -1.51. The van der Waals surface area contributed by atoms with Gasteiger partial charge in [0, 0.05) is 11.6 Å². The molecule has 0 bridgehead atoms. The van der Waals surface area contributed by atoms with Crippen LogP contribution in [0.4, 0.5) is 0 Å². The number of fused-ring (bicyclic) bond motifs is 1. The van der Waals surface area contributed by atoms with Crippen molar-refractivity contribution in [3.05, 3.63) is 29.8 Å². The summed E-state index contributed by atoms with van der Waals surface area (Å²) in [5, 5.41) is 3.12. The van der Waals surface area contributed by atoms with Gasteiger partial charge in [-0.05, 0) is 18.4 Å². The monoisotopic (exact) mass is 231 g/mol. The van der Waals surface area contributed by atoms with Gasteiger partial charge in [-0.1, -0.05) is 31.5 Å². The quantitative estimate of drug-likeness (QED) is 0.865. The molecule has 0 spiro atoms. The average Bonchev–Trinajstić information content (AvgIpc) is 2.96. The first-order valence-corrected chi connectivity index (χ1v) is 6.31. The van der Waals surface area contributed by atoms with E-state index in [-0.39, 0.29) is 11.8 Å². The van der Waals surface area contributed by atoms with E-state index in [1.165, 1.54) is 0 Å². The molecule has 3 heteroatoms. The zero-order valence-electron chi connectivity index (χ0n) is 9.98. The van der Waals surface area contributed by atoms with Gasteiger partial charge in [-0.15, -0.1) is 0 Å². The molecule has 1 amide bonds. The summed E-state index contributed by atoms with van der Waals surface area (Å²) in [5.41, 5.74) is 1.03. The van der Waals surface area contributed by atoms with Crippen LogP contribution in [0.25, 0.3) is 0 Å². The highest BCUT2D eigenvalue weighted by Crippen LogP contribution is 2.36. The highest BCUT2D eigenvalue weighted by molar-refractivity contribution is 5.86. The van der Waals surface area contributed by atoms with Crippen molar-refractivity contribution in [1.82, 2.24) is 5.32 Å². The summed E-state index contributed by atoms with van der Waals surface area (Å²) >= 11 is 0. The summed E-state index contributed by atoms with van der Waals surface area (Å²) in [6.45, 7) is 2.65. The Balaban J connectivity index is 1.68. The molecule has 0 unspecified atom stereocenters. The Kier molecular flexibility index (Phi) is 2.54. The second-order valence-corrected chi connectivity index (χ2v) is 4.92. The van der Waals surface area contributed by atoms with Crippen molar-refractivity contribution in [2.75, 3.05) is 6.61 Å². The van der Waals surface area contributed by atoms with Crippen LogP contribution in [0, 0.1) is 5.92 Å². The maximum absolute atomic E-state index is 12.1. The Labute approximate surface area is 101 Å². The third kappa shape index (κ3) is 1.90. The van der Waals surface area contributed by atoms with Crippen LogP contribution in [0.1, 0.15) is 31.2 Å². The summed E-state index contributed by atoms with van der Waals surface area (Å²) < 4.78 is 5.53. The fraction of sp³-hybridized carbons (Fsp3) is 0.500. The van der Waals surface area contributed by atoms with Gasteiger partial charge in [-0.3, -0.25) is 4.79 Å². The van der Waals surface area contributed by atoms with Crippen LogP contribution >= 0.6 is 0 Å². The van der Waals surface area contributed by atoms with Gasteiger partial charge in [-0.25, -0.2) is 0 Å². The number of benzene rings is 1. The molecule has 17 heavy (non-hydrogen) atoms. The molecule has 1 fully saturated rings. The van der Waals surface area contributed by atoms with E-state index in [4.69, 9.17) is 4.74 Å². The third-order valence-electron chi connectivity index (χ3n) is 3.79. The lowest BCUT2D eigenvalue weighted by Crippen LogP contribution is -2.32. The largest absolute Gasteiger partial charge is 0.492 e. The van der Waals surface area contributed by atoms with Gasteiger partial charge in [0.05, 0.1) is 0 Å². The fourth-order valence-corrected chi connectivity index (χ4v) is 2.54. The molecule has 0 saturated heterocycles. The van der Waals surface area contributed by atoms with Crippen molar-refractivity contribution in [3.8, 4) is 5.75 Å². The number of nitrogens with one attached hydrogen (secondary N) is 1. The van der Waals surface area contributed by atoms with E-state index in [1.807, 2.05) is 24.3 Å². The molecule has 0 aromatic heterocycles. The maximum atomic E-state index is 12.1. The van der Waals surface area contributed by atoms with Gasteiger partial charge in [0.2, 0.25) is 5.91 Å². The van der Waals surface area contributed by atoms with Crippen molar-refractivity contribution in [3.63, 3.8) is 0 Å². The molecule has 1 aliphatic heterocycles. The lowest BCUT2D eigenvalue weighted by Gasteiger charge is -2.09. The van der Waals surface area contributed by atoms with Crippen LogP contribution in [0.3, 0.4) is 0 Å². The van der Waals surface area contributed by atoms with Crippen LogP contribution in [-0.4, -0.2) is 18.6 Å². The first-order chi connectivity index (χ1) is 8.29. The minimum atomic E-state index is -0.121. The Bertz CT molecular complexity index is 444. The van der Waals surface area contributed by atoms with Gasteiger partial charge >= 0.3 is 0 Å². The third-order valence-corrected chi connectivity index (χ3v) is 3.79. The summed E-state index contributed by atoms with van der Waals surface area (Å²) in [5.74, 6) is 1.55. The minimum Gasteiger partial charge on any atom is -0.492 e. The molecular formula is C14H17NO2. The Morgan fingerprint density at radius 1 is 1.47 bits per heavy atom. The second kappa shape index (κ2) is 4.06. The summed E-state index contributed by atoms with van der Waals surface area (Å²) in [6, 6.07) is 8.21. The molecule has 90 valence electrons. The normalized spacial score (nSPS) is 29.4. The van der Waals surface area contributed by atoms with Gasteiger partial charge in [-0.2, -0.15) is 0 Å². The molecule has 3 atom stereocenters. The second-order valence-electron chi connectivity index (χ2n) is 4.92. The molecule has 1 heterocycles. The van der Waals surface area contributed by atoms with Crippen LogP contribution in [0.15, 0.2) is 24.3 Å². The molecule has 3 nitrogen and oxygen atoms in total. The van der Waals surface area contributed by atoms with Crippen molar-refractivity contribution >= 4 is 5.91 Å². The van der Waals surface area contributed by atoms with Gasteiger partial charge in [0.1, 0.15) is 18.3 Å². The zero-order valence-corrected chi connectivity index (χ0v) is 9.98. The average molecular weight is 231 g/mol. The standard InChI is InChI=1S/C14H17NO2/c1-2-9-7-12(9)15-14(16)11-8-17-13-6-4-3-5-10(11)13/h3-6,9,11-12H,2,7-8H2,1H3,(H,15,16)/t9-,11+,12+/m1/s1. The lowest BCUT2D eigenvalue weighted by atomic mass is 10.0. The molecule has 1 aliphatic carbocycles. The topological polar surface area (TPSA) is 38.3 Å². The molecular weight excluding hydrogens is 214 g/mol. The molecule has 1 aromatic rings. The number of amides is 1. The first kappa shape index (κ1) is 10.6. The van der Waals surface area contributed by atoms with E-state index in [9.17, 15) is 4.79 Å². The van der Waals surface area contributed by atoms with Crippen LogP contribution in [0.2, 0.25) is 0 Å². The van der Waals surface area contributed by atoms with Crippen LogP contribution in [0.5, 0.6) is 5.75 Å². The Morgan fingerprint density at radius 2 is 2.29 bits per heavy atom. The number of hydrogen-bond donors (Lipinski definition) is 1. The van der Waals surface area contributed by atoms with E-state index in [2.05, 4.69) is 12.2 Å². The van der Waals surface area contributed by atoms with Crippen molar-refractivity contribution in [1.29, 1.82) is 0 Å². The van der Waals surface area contributed by atoms with E-state index in [1.54, 1.807) is 0 Å². The summed E-state index contributed by atoms with van der Waals surface area (Å²) in [6.07, 6.45) is 2.29. The number of carbonyl (C=O) groups is 1. The van der Waals surface area contributed by atoms with E-state index in [0.29, 0.717) is 18.6 Å². The minimum absolute atomic E-state index is 0.121. The van der Waals surface area contributed by atoms with E-state index >= 15 is 0 Å². The summed E-state index contributed by atoms with van der Waals surface area (Å²) in [7, 11) is 0. The van der Waals surface area contributed by atoms with Gasteiger partial charge < -0.3 is 10.1 Å². The van der Waals surface area contributed by atoms with E-state index < -0.39 is 0 Å². The molecule has 0 radical (unpaired) electrons. The van der Waals surface area contributed by atoms with Gasteiger partial charge in [0.15, 0.2) is 0 Å². The molecule has 1 N–H and O–H groups in total. The molecule has 2 aliphatic rings.